The van der Waals surface area contributed by atoms with Crippen molar-refractivity contribution in [1.82, 2.24) is 9.21 Å². The van der Waals surface area contributed by atoms with Gasteiger partial charge in [-0.2, -0.15) is 0 Å². The quantitative estimate of drug-likeness (QED) is 0.544. The average Bonchev–Trinajstić information content (AvgIpc) is 2.73. The molecule has 158 valence electrons. The molecule has 1 amide bonds. The minimum Gasteiger partial charge on any atom is -0.341 e. The largest absolute Gasteiger partial charge is 0.341 e. The van der Waals surface area contributed by atoms with E-state index in [-0.39, 0.29) is 23.8 Å². The summed E-state index contributed by atoms with van der Waals surface area (Å²) in [6, 6.07) is 18.9. The third kappa shape index (κ3) is 5.23. The van der Waals surface area contributed by atoms with Crippen LogP contribution in [0.25, 0.3) is 10.8 Å². The van der Waals surface area contributed by atoms with Crippen molar-refractivity contribution in [3.8, 4) is 0 Å². The van der Waals surface area contributed by atoms with Gasteiger partial charge in [0.05, 0.1) is 4.90 Å². The van der Waals surface area contributed by atoms with Crippen LogP contribution >= 0.6 is 0 Å². The van der Waals surface area contributed by atoms with Crippen molar-refractivity contribution < 1.29 is 17.6 Å². The molecule has 5 nitrogen and oxygen atoms in total. The van der Waals surface area contributed by atoms with E-state index >= 15 is 0 Å². The molecule has 0 fully saturated rings. The Morgan fingerprint density at radius 1 is 0.933 bits per heavy atom. The first-order chi connectivity index (χ1) is 14.3. The van der Waals surface area contributed by atoms with Gasteiger partial charge >= 0.3 is 0 Å². The van der Waals surface area contributed by atoms with Crippen LogP contribution in [0.5, 0.6) is 0 Å². The molecule has 0 saturated carbocycles. The zero-order chi connectivity index (χ0) is 21.7. The number of nitrogens with zero attached hydrogens (tertiary/aromatic N) is 2. The van der Waals surface area contributed by atoms with E-state index in [0.717, 1.165) is 28.5 Å². The second-order valence-corrected chi connectivity index (χ2v) is 9.36. The molecule has 0 bridgehead atoms. The molecule has 0 aliphatic heterocycles. The first kappa shape index (κ1) is 21.9. The number of fused-ring (bicyclic) bond motifs is 1. The molecule has 7 heteroatoms. The number of benzene rings is 3. The van der Waals surface area contributed by atoms with Crippen LogP contribution in [0.2, 0.25) is 0 Å². The summed E-state index contributed by atoms with van der Waals surface area (Å²) in [7, 11) is -0.495. The van der Waals surface area contributed by atoms with Gasteiger partial charge < -0.3 is 4.90 Å². The summed E-state index contributed by atoms with van der Waals surface area (Å²) in [6.45, 7) is 0.697. The van der Waals surface area contributed by atoms with Crippen molar-refractivity contribution >= 4 is 26.7 Å². The predicted octanol–water partition coefficient (Wildman–Crippen LogP) is 4.04. The maximum Gasteiger partial charge on any atom is 0.242 e. The van der Waals surface area contributed by atoms with Crippen LogP contribution in [-0.4, -0.2) is 44.2 Å². The normalized spacial score (nSPS) is 11.7. The Kier molecular flexibility index (Phi) is 6.84. The fraction of sp³-hybridized carbons (Fsp3) is 0.261. The van der Waals surface area contributed by atoms with Crippen molar-refractivity contribution in [2.75, 3.05) is 20.6 Å². The van der Waals surface area contributed by atoms with E-state index < -0.39 is 15.8 Å². The lowest BCUT2D eigenvalue weighted by molar-refractivity contribution is -0.130. The topological polar surface area (TPSA) is 57.7 Å². The lowest BCUT2D eigenvalue weighted by Gasteiger charge is -2.20. The average molecular weight is 429 g/mol. The van der Waals surface area contributed by atoms with Gasteiger partial charge in [-0.3, -0.25) is 4.79 Å². The molecule has 3 aromatic rings. The number of rotatable bonds is 8. The van der Waals surface area contributed by atoms with E-state index in [9.17, 15) is 17.6 Å². The zero-order valence-electron chi connectivity index (χ0n) is 17.1. The Balaban J connectivity index is 1.52. The van der Waals surface area contributed by atoms with Crippen LogP contribution in [0, 0.1) is 5.82 Å². The lowest BCUT2D eigenvalue weighted by atomic mass is 10.1. The van der Waals surface area contributed by atoms with Crippen molar-refractivity contribution in [3.05, 3.63) is 78.1 Å². The van der Waals surface area contributed by atoms with E-state index in [1.807, 2.05) is 36.4 Å². The SMILES string of the molecule is CN(Cc1ccc2ccccc2c1)C(=O)CCCN(C)S(=O)(=O)c1ccc(F)cc1. The first-order valence-electron chi connectivity index (χ1n) is 9.71. The molecule has 3 rings (SSSR count). The number of hydrogen-bond acceptors (Lipinski definition) is 3. The summed E-state index contributed by atoms with van der Waals surface area (Å²) < 4.78 is 39.2. The Bertz CT molecular complexity index is 1130. The molecule has 0 aliphatic carbocycles. The maximum atomic E-state index is 13.0. The van der Waals surface area contributed by atoms with Gasteiger partial charge in [-0.15, -0.1) is 0 Å². The lowest BCUT2D eigenvalue weighted by Crippen LogP contribution is -2.30. The summed E-state index contributed by atoms with van der Waals surface area (Å²) in [6.07, 6.45) is 0.644. The van der Waals surface area contributed by atoms with Gasteiger partial charge in [-0.1, -0.05) is 36.4 Å². The van der Waals surface area contributed by atoms with Crippen molar-refractivity contribution in [2.24, 2.45) is 0 Å². The number of halogens is 1. The fourth-order valence-corrected chi connectivity index (χ4v) is 4.46. The van der Waals surface area contributed by atoms with Crippen LogP contribution in [0.4, 0.5) is 4.39 Å². The van der Waals surface area contributed by atoms with Crippen molar-refractivity contribution in [3.63, 3.8) is 0 Å². The fourth-order valence-electron chi connectivity index (χ4n) is 3.25. The molecule has 0 N–H and O–H groups in total. The molecule has 30 heavy (non-hydrogen) atoms. The van der Waals surface area contributed by atoms with Gasteiger partial charge in [0.25, 0.3) is 0 Å². The van der Waals surface area contributed by atoms with Crippen LogP contribution in [0.3, 0.4) is 0 Å². The zero-order valence-corrected chi connectivity index (χ0v) is 17.9. The van der Waals surface area contributed by atoms with Gasteiger partial charge in [0.15, 0.2) is 0 Å². The van der Waals surface area contributed by atoms with Gasteiger partial charge in [-0.05, 0) is 53.1 Å². The van der Waals surface area contributed by atoms with Crippen LogP contribution < -0.4 is 0 Å². The Hall–Kier alpha value is -2.77. The number of carbonyl (C=O) groups excluding carboxylic acids is 1. The highest BCUT2D eigenvalue weighted by Crippen LogP contribution is 2.18. The molecule has 0 aliphatic rings. The van der Waals surface area contributed by atoms with Crippen molar-refractivity contribution in [1.29, 1.82) is 0 Å². The molecule has 0 aromatic heterocycles. The summed E-state index contributed by atoms with van der Waals surface area (Å²) in [5, 5.41) is 2.28. The summed E-state index contributed by atoms with van der Waals surface area (Å²) in [4.78, 5) is 14.2. The maximum absolute atomic E-state index is 13.0. The standard InChI is InChI=1S/C23H25FN2O3S/c1-25(17-18-9-10-19-6-3-4-7-20(19)16-18)23(27)8-5-15-26(2)30(28,29)22-13-11-21(24)12-14-22/h3-4,6-7,9-14,16H,5,8,15,17H2,1-2H3. The second-order valence-electron chi connectivity index (χ2n) is 7.32. The van der Waals surface area contributed by atoms with Crippen LogP contribution in [0.1, 0.15) is 18.4 Å². The van der Waals surface area contributed by atoms with Gasteiger partial charge in [-0.25, -0.2) is 17.1 Å². The van der Waals surface area contributed by atoms with Gasteiger partial charge in [0, 0.05) is 33.6 Å². The summed E-state index contributed by atoms with van der Waals surface area (Å²) >= 11 is 0. The molecule has 0 heterocycles. The summed E-state index contributed by atoms with van der Waals surface area (Å²) in [5.74, 6) is -0.535. The van der Waals surface area contributed by atoms with E-state index in [1.54, 1.807) is 11.9 Å². The van der Waals surface area contributed by atoms with E-state index in [4.69, 9.17) is 0 Å². The molecular weight excluding hydrogens is 403 g/mol. The Morgan fingerprint density at radius 3 is 2.30 bits per heavy atom. The number of hydrogen-bond donors (Lipinski definition) is 0. The smallest absolute Gasteiger partial charge is 0.242 e. The van der Waals surface area contributed by atoms with Crippen LogP contribution in [-0.2, 0) is 21.4 Å². The van der Waals surface area contributed by atoms with Crippen molar-refractivity contribution in [2.45, 2.75) is 24.3 Å². The third-order valence-electron chi connectivity index (χ3n) is 5.04. The molecule has 0 spiro atoms. The Morgan fingerprint density at radius 2 is 1.60 bits per heavy atom. The summed E-state index contributed by atoms with van der Waals surface area (Å²) in [5.41, 5.74) is 1.04. The van der Waals surface area contributed by atoms with Crippen LogP contribution in [0.15, 0.2) is 71.6 Å². The minimum absolute atomic E-state index is 0.0335. The molecule has 0 atom stereocenters. The van der Waals surface area contributed by atoms with E-state index in [1.165, 1.54) is 23.5 Å². The highest BCUT2D eigenvalue weighted by atomic mass is 32.2. The predicted molar refractivity (Wildman–Crippen MR) is 116 cm³/mol. The van der Waals surface area contributed by atoms with Gasteiger partial charge in [0.2, 0.25) is 15.9 Å². The molecule has 0 radical (unpaired) electrons. The first-order valence-corrected chi connectivity index (χ1v) is 11.1. The Labute approximate surface area is 176 Å². The van der Waals surface area contributed by atoms with E-state index in [0.29, 0.717) is 13.0 Å². The molecule has 0 unspecified atom stereocenters. The number of sulfonamides is 1. The second kappa shape index (κ2) is 9.36. The molecule has 0 saturated heterocycles. The molecule has 3 aromatic carbocycles. The number of amides is 1. The molecular formula is C23H25FN2O3S. The van der Waals surface area contributed by atoms with Gasteiger partial charge in [0.1, 0.15) is 5.82 Å². The number of carbonyl (C=O) groups is 1. The monoisotopic (exact) mass is 428 g/mol. The van der Waals surface area contributed by atoms with E-state index in [2.05, 4.69) is 6.07 Å². The third-order valence-corrected chi connectivity index (χ3v) is 6.92. The highest BCUT2D eigenvalue weighted by molar-refractivity contribution is 7.89. The minimum atomic E-state index is -3.70. The highest BCUT2D eigenvalue weighted by Gasteiger charge is 2.21.